The number of hydrogen-bond acceptors (Lipinski definition) is 2. The van der Waals surface area contributed by atoms with Crippen molar-refractivity contribution in [3.63, 3.8) is 0 Å². The fourth-order valence-electron chi connectivity index (χ4n) is 2.07. The average molecular weight is 255 g/mol. The van der Waals surface area contributed by atoms with Crippen molar-refractivity contribution in [1.29, 1.82) is 0 Å². The minimum atomic E-state index is 0.101. The van der Waals surface area contributed by atoms with E-state index in [0.717, 1.165) is 13.0 Å². The molecule has 0 radical (unpaired) electrons. The molecule has 0 saturated carbocycles. The highest BCUT2D eigenvalue weighted by Gasteiger charge is 2.07. The molecule has 0 saturated heterocycles. The molecule has 2 N–H and O–H groups in total. The molecule has 0 aliphatic rings. The zero-order valence-corrected chi connectivity index (χ0v) is 11.3. The van der Waals surface area contributed by atoms with Gasteiger partial charge in [-0.25, -0.2) is 0 Å². The molecule has 0 aromatic heterocycles. The van der Waals surface area contributed by atoms with Gasteiger partial charge in [0.15, 0.2) is 0 Å². The van der Waals surface area contributed by atoms with Crippen LogP contribution in [-0.4, -0.2) is 17.8 Å². The van der Waals surface area contributed by atoms with Gasteiger partial charge in [0.1, 0.15) is 0 Å². The summed E-state index contributed by atoms with van der Waals surface area (Å²) in [6, 6.07) is 18.8. The molecule has 0 amide bonds. The smallest absolute Gasteiger partial charge is 0.0587 e. The maximum absolute atomic E-state index is 9.45. The van der Waals surface area contributed by atoms with Crippen molar-refractivity contribution in [3.05, 3.63) is 71.3 Å². The topological polar surface area (TPSA) is 32.3 Å². The molecule has 2 heteroatoms. The SMILES string of the molecule is Cc1ccc(CN[C@@H](CO)Cc2ccccc2)cc1. The van der Waals surface area contributed by atoms with Gasteiger partial charge in [-0.2, -0.15) is 0 Å². The number of aliphatic hydroxyl groups excluding tert-OH is 1. The monoisotopic (exact) mass is 255 g/mol. The molecule has 0 aliphatic carbocycles. The molecule has 19 heavy (non-hydrogen) atoms. The number of aryl methyl sites for hydroxylation is 1. The van der Waals surface area contributed by atoms with E-state index < -0.39 is 0 Å². The van der Waals surface area contributed by atoms with Crippen LogP contribution in [0.25, 0.3) is 0 Å². The van der Waals surface area contributed by atoms with Gasteiger partial charge < -0.3 is 10.4 Å². The van der Waals surface area contributed by atoms with E-state index in [0.29, 0.717) is 0 Å². The summed E-state index contributed by atoms with van der Waals surface area (Å²) < 4.78 is 0. The Morgan fingerprint density at radius 2 is 1.63 bits per heavy atom. The number of aliphatic hydroxyl groups is 1. The first kappa shape index (κ1) is 13.8. The van der Waals surface area contributed by atoms with Crippen LogP contribution in [0.2, 0.25) is 0 Å². The van der Waals surface area contributed by atoms with E-state index >= 15 is 0 Å². The van der Waals surface area contributed by atoms with Gasteiger partial charge in [0.05, 0.1) is 6.61 Å². The third kappa shape index (κ3) is 4.51. The Bertz CT molecular complexity index is 478. The van der Waals surface area contributed by atoms with E-state index in [1.807, 2.05) is 18.2 Å². The predicted octanol–water partition coefficient (Wildman–Crippen LogP) is 2.69. The zero-order chi connectivity index (χ0) is 13.5. The summed E-state index contributed by atoms with van der Waals surface area (Å²) in [6.07, 6.45) is 0.850. The van der Waals surface area contributed by atoms with Crippen molar-refractivity contribution in [2.45, 2.75) is 25.9 Å². The zero-order valence-electron chi connectivity index (χ0n) is 11.3. The van der Waals surface area contributed by atoms with Crippen molar-refractivity contribution in [3.8, 4) is 0 Å². The fourth-order valence-corrected chi connectivity index (χ4v) is 2.07. The quantitative estimate of drug-likeness (QED) is 0.832. The molecule has 2 aromatic carbocycles. The lowest BCUT2D eigenvalue weighted by atomic mass is 10.1. The summed E-state index contributed by atoms with van der Waals surface area (Å²) in [5.74, 6) is 0. The summed E-state index contributed by atoms with van der Waals surface area (Å²) in [7, 11) is 0. The Hall–Kier alpha value is -1.64. The van der Waals surface area contributed by atoms with Crippen molar-refractivity contribution in [2.24, 2.45) is 0 Å². The Labute approximate surface area is 115 Å². The molecule has 2 nitrogen and oxygen atoms in total. The van der Waals surface area contributed by atoms with Crippen LogP contribution < -0.4 is 5.32 Å². The van der Waals surface area contributed by atoms with Gasteiger partial charge in [0.25, 0.3) is 0 Å². The Balaban J connectivity index is 1.87. The first-order valence-electron chi connectivity index (χ1n) is 6.71. The molecule has 0 fully saturated rings. The van der Waals surface area contributed by atoms with E-state index in [9.17, 15) is 5.11 Å². The minimum absolute atomic E-state index is 0.101. The molecule has 2 rings (SSSR count). The van der Waals surface area contributed by atoms with Crippen LogP contribution in [0, 0.1) is 6.92 Å². The molecule has 0 spiro atoms. The third-order valence-corrected chi connectivity index (χ3v) is 3.26. The normalized spacial score (nSPS) is 12.3. The van der Waals surface area contributed by atoms with Crippen LogP contribution in [-0.2, 0) is 13.0 Å². The van der Waals surface area contributed by atoms with E-state index in [1.54, 1.807) is 0 Å². The molecule has 2 aromatic rings. The number of nitrogens with one attached hydrogen (secondary N) is 1. The molecule has 0 aliphatic heterocycles. The van der Waals surface area contributed by atoms with E-state index in [2.05, 4.69) is 48.6 Å². The summed E-state index contributed by atoms with van der Waals surface area (Å²) in [5, 5.41) is 12.9. The molecule has 0 bridgehead atoms. The van der Waals surface area contributed by atoms with Crippen molar-refractivity contribution in [2.75, 3.05) is 6.61 Å². The number of hydrogen-bond donors (Lipinski definition) is 2. The third-order valence-electron chi connectivity index (χ3n) is 3.26. The van der Waals surface area contributed by atoms with E-state index in [4.69, 9.17) is 0 Å². The molecule has 0 heterocycles. The van der Waals surface area contributed by atoms with Gasteiger partial charge >= 0.3 is 0 Å². The van der Waals surface area contributed by atoms with Gasteiger partial charge in [0, 0.05) is 12.6 Å². The molecule has 1 atom stereocenters. The second-order valence-electron chi connectivity index (χ2n) is 4.94. The van der Waals surface area contributed by atoms with Crippen molar-refractivity contribution < 1.29 is 5.11 Å². The first-order chi connectivity index (χ1) is 9.28. The van der Waals surface area contributed by atoms with Crippen LogP contribution in [0.5, 0.6) is 0 Å². The van der Waals surface area contributed by atoms with Gasteiger partial charge in [-0.05, 0) is 24.5 Å². The summed E-state index contributed by atoms with van der Waals surface area (Å²) >= 11 is 0. The van der Waals surface area contributed by atoms with Crippen LogP contribution in [0.3, 0.4) is 0 Å². The summed E-state index contributed by atoms with van der Waals surface area (Å²) in [5.41, 5.74) is 3.77. The van der Waals surface area contributed by atoms with Crippen LogP contribution in [0.4, 0.5) is 0 Å². The van der Waals surface area contributed by atoms with Crippen LogP contribution in [0.15, 0.2) is 54.6 Å². The fraction of sp³-hybridized carbons (Fsp3) is 0.294. The second kappa shape index (κ2) is 7.07. The highest BCUT2D eigenvalue weighted by atomic mass is 16.3. The highest BCUT2D eigenvalue weighted by molar-refractivity contribution is 5.21. The molecule has 0 unspecified atom stereocenters. The van der Waals surface area contributed by atoms with Gasteiger partial charge in [-0.1, -0.05) is 60.2 Å². The lowest BCUT2D eigenvalue weighted by Gasteiger charge is -2.16. The maximum atomic E-state index is 9.45. The Morgan fingerprint density at radius 1 is 0.947 bits per heavy atom. The number of benzene rings is 2. The largest absolute Gasteiger partial charge is 0.395 e. The first-order valence-corrected chi connectivity index (χ1v) is 6.71. The highest BCUT2D eigenvalue weighted by Crippen LogP contribution is 2.06. The maximum Gasteiger partial charge on any atom is 0.0587 e. The Morgan fingerprint density at radius 3 is 2.26 bits per heavy atom. The van der Waals surface area contributed by atoms with E-state index in [-0.39, 0.29) is 12.6 Å². The predicted molar refractivity (Wildman–Crippen MR) is 79.0 cm³/mol. The van der Waals surface area contributed by atoms with Gasteiger partial charge in [-0.3, -0.25) is 0 Å². The van der Waals surface area contributed by atoms with Gasteiger partial charge in [-0.15, -0.1) is 0 Å². The average Bonchev–Trinajstić information content (AvgIpc) is 2.46. The van der Waals surface area contributed by atoms with Crippen molar-refractivity contribution >= 4 is 0 Å². The number of rotatable bonds is 6. The second-order valence-corrected chi connectivity index (χ2v) is 4.94. The lowest BCUT2D eigenvalue weighted by molar-refractivity contribution is 0.241. The van der Waals surface area contributed by atoms with E-state index in [1.165, 1.54) is 16.7 Å². The summed E-state index contributed by atoms with van der Waals surface area (Å²) in [4.78, 5) is 0. The standard InChI is InChI=1S/C17H21NO/c1-14-7-9-16(10-8-14)12-18-17(13-19)11-15-5-3-2-4-6-15/h2-10,17-19H,11-13H2,1H3/t17-/m1/s1. The molecule has 100 valence electrons. The van der Waals surface area contributed by atoms with Crippen LogP contribution in [0.1, 0.15) is 16.7 Å². The van der Waals surface area contributed by atoms with Gasteiger partial charge in [0.2, 0.25) is 0 Å². The molecular weight excluding hydrogens is 234 g/mol. The molecular formula is C17H21NO. The minimum Gasteiger partial charge on any atom is -0.395 e. The summed E-state index contributed by atoms with van der Waals surface area (Å²) in [6.45, 7) is 3.03. The lowest BCUT2D eigenvalue weighted by Crippen LogP contribution is -2.34. The van der Waals surface area contributed by atoms with Crippen molar-refractivity contribution in [1.82, 2.24) is 5.32 Å². The van der Waals surface area contributed by atoms with Crippen LogP contribution >= 0.6 is 0 Å². The Kier molecular flexibility index (Phi) is 5.13.